The van der Waals surface area contributed by atoms with E-state index in [2.05, 4.69) is 31.3 Å². The molecule has 0 bridgehead atoms. The van der Waals surface area contributed by atoms with Crippen molar-refractivity contribution < 1.29 is 5.11 Å². The van der Waals surface area contributed by atoms with Gasteiger partial charge in [0.25, 0.3) is 0 Å². The Morgan fingerprint density at radius 1 is 1.05 bits per heavy atom. The first-order chi connectivity index (χ1) is 10.5. The molecule has 0 amide bonds. The van der Waals surface area contributed by atoms with Gasteiger partial charge in [-0.1, -0.05) is 30.3 Å². The Hall–Kier alpha value is -2.55. The molecule has 112 valence electrons. The van der Waals surface area contributed by atoms with E-state index >= 15 is 0 Å². The lowest BCUT2D eigenvalue weighted by Crippen LogP contribution is -2.32. The van der Waals surface area contributed by atoms with E-state index in [9.17, 15) is 5.11 Å². The van der Waals surface area contributed by atoms with Crippen molar-refractivity contribution in [2.24, 2.45) is 4.99 Å². The van der Waals surface area contributed by atoms with Crippen molar-refractivity contribution in [1.82, 2.24) is 0 Å². The van der Waals surface area contributed by atoms with Crippen LogP contribution in [0.5, 0.6) is 5.75 Å². The van der Waals surface area contributed by atoms with E-state index in [0.717, 1.165) is 29.1 Å². The predicted octanol–water partition coefficient (Wildman–Crippen LogP) is 4.77. The molecule has 3 rings (SSSR count). The number of aliphatic imine (C=N–C) groups is 1. The maximum atomic E-state index is 9.33. The summed E-state index contributed by atoms with van der Waals surface area (Å²) in [5.74, 6) is 0.281. The van der Waals surface area contributed by atoms with Gasteiger partial charge >= 0.3 is 0 Å². The minimum absolute atomic E-state index is 0.0509. The van der Waals surface area contributed by atoms with Crippen LogP contribution in [0.25, 0.3) is 6.08 Å². The molecule has 0 aliphatic carbocycles. The van der Waals surface area contributed by atoms with Gasteiger partial charge in [-0.3, -0.25) is 4.99 Å². The number of phenols is 1. The molecule has 3 heteroatoms. The third-order valence-electron chi connectivity index (χ3n) is 3.63. The Morgan fingerprint density at radius 2 is 1.77 bits per heavy atom. The van der Waals surface area contributed by atoms with E-state index in [1.165, 1.54) is 0 Å². The van der Waals surface area contributed by atoms with E-state index in [0.29, 0.717) is 0 Å². The Morgan fingerprint density at radius 3 is 2.55 bits per heavy atom. The molecular formula is C19H20N2O. The number of fused-ring (bicyclic) bond motifs is 1. The second-order valence-electron chi connectivity index (χ2n) is 6.23. The summed E-state index contributed by atoms with van der Waals surface area (Å²) in [5.41, 5.74) is 4.07. The normalized spacial score (nSPS) is 16.5. The van der Waals surface area contributed by atoms with Crippen molar-refractivity contribution in [3.63, 3.8) is 0 Å². The molecule has 1 aliphatic rings. The van der Waals surface area contributed by atoms with Gasteiger partial charge < -0.3 is 10.4 Å². The number of benzene rings is 2. The monoisotopic (exact) mass is 292 g/mol. The molecule has 2 aromatic rings. The van der Waals surface area contributed by atoms with Gasteiger partial charge in [-0.25, -0.2) is 0 Å². The maximum absolute atomic E-state index is 9.33. The molecule has 0 saturated carbocycles. The van der Waals surface area contributed by atoms with Crippen molar-refractivity contribution in [2.75, 3.05) is 5.32 Å². The highest BCUT2D eigenvalue weighted by Crippen LogP contribution is 2.32. The first-order valence-electron chi connectivity index (χ1n) is 7.44. The van der Waals surface area contributed by atoms with E-state index in [4.69, 9.17) is 4.99 Å². The summed E-state index contributed by atoms with van der Waals surface area (Å²) in [6.07, 6.45) is 4.93. The highest BCUT2D eigenvalue weighted by Gasteiger charge is 2.23. The predicted molar refractivity (Wildman–Crippen MR) is 93.0 cm³/mol. The van der Waals surface area contributed by atoms with Gasteiger partial charge in [0.1, 0.15) is 5.75 Å². The smallest absolute Gasteiger partial charge is 0.115 e. The van der Waals surface area contributed by atoms with E-state index in [1.807, 2.05) is 36.4 Å². The molecule has 1 heterocycles. The first-order valence-corrected chi connectivity index (χ1v) is 7.44. The SMILES string of the molecule is CC1(C)CC(/C=C/c2ccc(O)cc2)=Nc2ccccc2N1. The molecule has 0 fully saturated rings. The summed E-state index contributed by atoms with van der Waals surface area (Å²) in [5, 5.41) is 12.9. The van der Waals surface area contributed by atoms with Crippen molar-refractivity contribution >= 4 is 23.2 Å². The fourth-order valence-electron chi connectivity index (χ4n) is 2.61. The fraction of sp³-hybridized carbons (Fsp3) is 0.211. The fourth-order valence-corrected chi connectivity index (χ4v) is 2.61. The third kappa shape index (κ3) is 3.37. The minimum Gasteiger partial charge on any atom is -0.508 e. The standard InChI is InChI=1S/C19H20N2O/c1-19(2)13-15(10-7-14-8-11-16(22)12-9-14)20-17-5-3-4-6-18(17)21-19/h3-12,21-22H,13H2,1-2H3/b10-7+. The van der Waals surface area contributed by atoms with Crippen LogP contribution in [0.15, 0.2) is 59.6 Å². The number of anilines is 1. The van der Waals surface area contributed by atoms with Crippen LogP contribution in [-0.2, 0) is 0 Å². The van der Waals surface area contributed by atoms with Crippen molar-refractivity contribution in [1.29, 1.82) is 0 Å². The van der Waals surface area contributed by atoms with Gasteiger partial charge in [0.2, 0.25) is 0 Å². The van der Waals surface area contributed by atoms with Gasteiger partial charge in [-0.05, 0) is 49.8 Å². The molecule has 0 aromatic heterocycles. The summed E-state index contributed by atoms with van der Waals surface area (Å²) >= 11 is 0. The minimum atomic E-state index is -0.0509. The molecule has 0 atom stereocenters. The number of aromatic hydroxyl groups is 1. The van der Waals surface area contributed by atoms with Gasteiger partial charge in [0, 0.05) is 17.7 Å². The molecular weight excluding hydrogens is 272 g/mol. The first kappa shape index (κ1) is 14.4. The van der Waals surface area contributed by atoms with E-state index < -0.39 is 0 Å². The zero-order chi connectivity index (χ0) is 15.6. The molecule has 3 nitrogen and oxygen atoms in total. The lowest BCUT2D eigenvalue weighted by molar-refractivity contribution is 0.475. The van der Waals surface area contributed by atoms with Crippen LogP contribution in [0.1, 0.15) is 25.8 Å². The number of rotatable bonds is 2. The zero-order valence-corrected chi connectivity index (χ0v) is 12.9. The van der Waals surface area contributed by atoms with Crippen LogP contribution in [0.4, 0.5) is 11.4 Å². The number of nitrogens with one attached hydrogen (secondary N) is 1. The Kier molecular flexibility index (Phi) is 3.72. The van der Waals surface area contributed by atoms with Gasteiger partial charge in [0.05, 0.1) is 11.4 Å². The van der Waals surface area contributed by atoms with Crippen LogP contribution in [0.3, 0.4) is 0 Å². The molecule has 22 heavy (non-hydrogen) atoms. The lowest BCUT2D eigenvalue weighted by Gasteiger charge is -2.25. The quantitative estimate of drug-likeness (QED) is 0.837. The summed E-state index contributed by atoms with van der Waals surface area (Å²) in [7, 11) is 0. The number of allylic oxidation sites excluding steroid dienone is 1. The largest absolute Gasteiger partial charge is 0.508 e. The van der Waals surface area contributed by atoms with Crippen molar-refractivity contribution in [3.8, 4) is 5.75 Å². The second kappa shape index (κ2) is 5.68. The topological polar surface area (TPSA) is 44.6 Å². The average molecular weight is 292 g/mol. The van der Waals surface area contributed by atoms with Crippen molar-refractivity contribution in [3.05, 3.63) is 60.2 Å². The summed E-state index contributed by atoms with van der Waals surface area (Å²) < 4.78 is 0. The maximum Gasteiger partial charge on any atom is 0.115 e. The van der Waals surface area contributed by atoms with Crippen LogP contribution in [0, 0.1) is 0 Å². The van der Waals surface area contributed by atoms with E-state index in [1.54, 1.807) is 12.1 Å². The molecule has 0 saturated heterocycles. The second-order valence-corrected chi connectivity index (χ2v) is 6.23. The average Bonchev–Trinajstić information content (AvgIpc) is 2.60. The summed E-state index contributed by atoms with van der Waals surface area (Å²) in [6.45, 7) is 4.36. The molecule has 1 aliphatic heterocycles. The lowest BCUT2D eigenvalue weighted by atomic mass is 9.96. The van der Waals surface area contributed by atoms with Gasteiger partial charge in [0.15, 0.2) is 0 Å². The highest BCUT2D eigenvalue weighted by atomic mass is 16.3. The van der Waals surface area contributed by atoms with Crippen LogP contribution in [0.2, 0.25) is 0 Å². The van der Waals surface area contributed by atoms with Gasteiger partial charge in [-0.2, -0.15) is 0 Å². The van der Waals surface area contributed by atoms with Crippen LogP contribution in [-0.4, -0.2) is 16.4 Å². The molecule has 2 aromatic carbocycles. The molecule has 0 unspecified atom stereocenters. The number of para-hydroxylation sites is 2. The number of phenolic OH excluding ortho intramolecular Hbond substituents is 1. The summed E-state index contributed by atoms with van der Waals surface area (Å²) in [4.78, 5) is 4.79. The number of nitrogens with zero attached hydrogens (tertiary/aromatic N) is 1. The van der Waals surface area contributed by atoms with Gasteiger partial charge in [-0.15, -0.1) is 0 Å². The Labute approximate surface area is 131 Å². The Balaban J connectivity index is 1.92. The molecule has 0 spiro atoms. The number of hydrogen-bond donors (Lipinski definition) is 2. The summed E-state index contributed by atoms with van der Waals surface area (Å²) in [6, 6.07) is 15.3. The van der Waals surface area contributed by atoms with Crippen LogP contribution >= 0.6 is 0 Å². The highest BCUT2D eigenvalue weighted by molar-refractivity contribution is 6.02. The zero-order valence-electron chi connectivity index (χ0n) is 12.9. The Bertz CT molecular complexity index is 727. The number of hydrogen-bond acceptors (Lipinski definition) is 3. The molecule has 2 N–H and O–H groups in total. The van der Waals surface area contributed by atoms with Crippen LogP contribution < -0.4 is 5.32 Å². The van der Waals surface area contributed by atoms with E-state index in [-0.39, 0.29) is 11.3 Å². The molecule has 0 radical (unpaired) electrons. The third-order valence-corrected chi connectivity index (χ3v) is 3.63. The van der Waals surface area contributed by atoms with Crippen molar-refractivity contribution in [2.45, 2.75) is 25.8 Å².